The second-order valence-electron chi connectivity index (χ2n) is 0. The van der Waals surface area contributed by atoms with Crippen molar-refractivity contribution < 1.29 is 42.1 Å². The van der Waals surface area contributed by atoms with Crippen LogP contribution in [0.15, 0.2) is 0 Å². The van der Waals surface area contributed by atoms with Crippen LogP contribution in [-0.2, 0) is 42.1 Å². The second kappa shape index (κ2) is 54.3. The van der Waals surface area contributed by atoms with Gasteiger partial charge in [-0.1, -0.05) is 0 Å². The fourth-order valence-electron chi connectivity index (χ4n) is 0. The van der Waals surface area contributed by atoms with Crippen LogP contribution in [0.25, 0.3) is 0 Å². The van der Waals surface area contributed by atoms with Crippen molar-refractivity contribution in [2.24, 2.45) is 0 Å². The van der Waals surface area contributed by atoms with E-state index in [9.17, 15) is 0 Å². The van der Waals surface area contributed by atoms with E-state index in [2.05, 4.69) is 0 Å². The fraction of sp³-hybridized carbons (Fsp3) is 0. The van der Waals surface area contributed by atoms with Crippen molar-refractivity contribution in [3.8, 4) is 0 Å². The molecule has 0 heterocycles. The SMILES string of the molecule is [CH3-].[CH3-].[CH3-].[W+2].[W]. The Bertz CT molecular complexity index is 4.85. The topological polar surface area (TPSA) is 0 Å². The van der Waals surface area contributed by atoms with Gasteiger partial charge in [-0.05, 0) is 0 Å². The van der Waals surface area contributed by atoms with Crippen LogP contribution in [0.1, 0.15) is 0 Å². The fourth-order valence-corrected chi connectivity index (χ4v) is 0. The summed E-state index contributed by atoms with van der Waals surface area (Å²) in [4.78, 5) is 0. The standard InChI is InChI=1S/3CH3.2W/h3*1H3;;/q3*-1;;+2. The van der Waals surface area contributed by atoms with Gasteiger partial charge in [0.15, 0.2) is 0 Å². The maximum Gasteiger partial charge on any atom is 2.00 e. The van der Waals surface area contributed by atoms with Crippen LogP contribution in [0.4, 0.5) is 0 Å². The molecule has 0 aromatic rings. The van der Waals surface area contributed by atoms with E-state index in [4.69, 9.17) is 0 Å². The van der Waals surface area contributed by atoms with E-state index in [0.717, 1.165) is 0 Å². The summed E-state index contributed by atoms with van der Waals surface area (Å²) in [6.07, 6.45) is 0. The maximum atomic E-state index is 0. The van der Waals surface area contributed by atoms with Crippen LogP contribution in [-0.4, -0.2) is 0 Å². The molecule has 0 radical (unpaired) electrons. The van der Waals surface area contributed by atoms with Crippen molar-refractivity contribution >= 4 is 0 Å². The second-order valence-corrected chi connectivity index (χ2v) is 0. The van der Waals surface area contributed by atoms with Crippen LogP contribution < -0.4 is 0 Å². The first-order valence-electron chi connectivity index (χ1n) is 0. The Hall–Kier alpha value is 1.38. The van der Waals surface area contributed by atoms with Crippen LogP contribution >= 0.6 is 0 Å². The molecule has 34 valence electrons. The van der Waals surface area contributed by atoms with Crippen molar-refractivity contribution in [3.05, 3.63) is 22.3 Å². The summed E-state index contributed by atoms with van der Waals surface area (Å²) in [6, 6.07) is 0. The zero-order chi connectivity index (χ0) is 0. The predicted molar refractivity (Wildman–Crippen MR) is 19.2 cm³/mol. The summed E-state index contributed by atoms with van der Waals surface area (Å²) < 4.78 is 0. The predicted octanol–water partition coefficient (Wildman–Crippen LogP) is 1.35. The van der Waals surface area contributed by atoms with Crippen LogP contribution in [0.3, 0.4) is 0 Å². The summed E-state index contributed by atoms with van der Waals surface area (Å²) in [7, 11) is 0. The molecule has 0 fully saturated rings. The summed E-state index contributed by atoms with van der Waals surface area (Å²) in [5.41, 5.74) is 0. The molecule has 0 aromatic carbocycles. The van der Waals surface area contributed by atoms with E-state index >= 15 is 0 Å². The summed E-state index contributed by atoms with van der Waals surface area (Å²) >= 11 is 0. The van der Waals surface area contributed by atoms with Crippen LogP contribution in [0, 0.1) is 22.3 Å². The van der Waals surface area contributed by atoms with Crippen molar-refractivity contribution in [1.82, 2.24) is 0 Å². The molecule has 0 aliphatic rings. The molecule has 2 heteroatoms. The molecule has 0 amide bonds. The molecule has 0 aliphatic carbocycles. The minimum Gasteiger partial charge on any atom is -0.358 e. The van der Waals surface area contributed by atoms with Gasteiger partial charge >= 0.3 is 21.1 Å². The molecule has 0 saturated carbocycles. The van der Waals surface area contributed by atoms with E-state index in [1.54, 1.807) is 0 Å². The third kappa shape index (κ3) is 32.3. The molecule has 0 aliphatic heterocycles. The van der Waals surface area contributed by atoms with Crippen LogP contribution in [0.5, 0.6) is 0 Å². The zero-order valence-electron chi connectivity index (χ0n) is 3.82. The Labute approximate surface area is 64.3 Å². The average molecular weight is 413 g/mol. The molecule has 0 unspecified atom stereocenters. The van der Waals surface area contributed by atoms with Crippen molar-refractivity contribution in [2.45, 2.75) is 0 Å². The Kier molecular flexibility index (Phi) is 1060. The van der Waals surface area contributed by atoms with Gasteiger partial charge in [-0.25, -0.2) is 0 Å². The summed E-state index contributed by atoms with van der Waals surface area (Å²) in [5.74, 6) is 0. The van der Waals surface area contributed by atoms with Gasteiger partial charge in [0.2, 0.25) is 0 Å². The molecular formula is C3H9W2-. The Morgan fingerprint density at radius 3 is 0.600 bits per heavy atom. The van der Waals surface area contributed by atoms with Gasteiger partial charge in [0.05, 0.1) is 0 Å². The minimum atomic E-state index is 0. The first kappa shape index (κ1) is 97.3. The third-order valence-electron chi connectivity index (χ3n) is 0. The summed E-state index contributed by atoms with van der Waals surface area (Å²) in [5, 5.41) is 0. The number of rotatable bonds is 0. The maximum absolute atomic E-state index is 0. The molecule has 0 nitrogen and oxygen atoms in total. The molecule has 0 rings (SSSR count). The van der Waals surface area contributed by atoms with Gasteiger partial charge in [0.1, 0.15) is 0 Å². The van der Waals surface area contributed by atoms with Gasteiger partial charge in [0, 0.05) is 21.1 Å². The Balaban J connectivity index is 0. The number of hydrogen-bond acceptors (Lipinski definition) is 0. The molecule has 0 spiro atoms. The number of hydrogen-bond donors (Lipinski definition) is 0. The van der Waals surface area contributed by atoms with Gasteiger partial charge in [-0.2, -0.15) is 0 Å². The monoisotopic (exact) mass is 413 g/mol. The summed E-state index contributed by atoms with van der Waals surface area (Å²) in [6.45, 7) is 0. The van der Waals surface area contributed by atoms with E-state index in [-0.39, 0.29) is 64.4 Å². The van der Waals surface area contributed by atoms with Gasteiger partial charge in [-0.3, -0.25) is 0 Å². The normalized spacial score (nSPS) is 0. The van der Waals surface area contributed by atoms with E-state index in [1.165, 1.54) is 0 Å². The molecule has 0 saturated heterocycles. The minimum absolute atomic E-state index is 0. The molecular weight excluding hydrogens is 404 g/mol. The largest absolute Gasteiger partial charge is 2.00 e. The third-order valence-corrected chi connectivity index (χ3v) is 0. The Morgan fingerprint density at radius 1 is 0.600 bits per heavy atom. The van der Waals surface area contributed by atoms with Crippen LogP contribution in [0.2, 0.25) is 0 Å². The molecule has 0 atom stereocenters. The molecule has 0 bridgehead atoms. The van der Waals surface area contributed by atoms with E-state index in [0.29, 0.717) is 0 Å². The first-order valence-corrected chi connectivity index (χ1v) is 0. The van der Waals surface area contributed by atoms with Crippen molar-refractivity contribution in [2.75, 3.05) is 0 Å². The average Bonchev–Trinajstić information content (AvgIpc) is 0. The van der Waals surface area contributed by atoms with Crippen molar-refractivity contribution in [1.29, 1.82) is 0 Å². The quantitative estimate of drug-likeness (QED) is 0.527. The Morgan fingerprint density at radius 2 is 0.600 bits per heavy atom. The molecule has 0 N–H and O–H groups in total. The van der Waals surface area contributed by atoms with Gasteiger partial charge in [-0.15, -0.1) is 0 Å². The zero-order valence-corrected chi connectivity index (χ0v) is 9.68. The molecule has 5 heavy (non-hydrogen) atoms. The van der Waals surface area contributed by atoms with E-state index < -0.39 is 0 Å². The molecule has 0 aromatic heterocycles. The van der Waals surface area contributed by atoms with Crippen molar-refractivity contribution in [3.63, 3.8) is 0 Å². The smallest absolute Gasteiger partial charge is 0.358 e. The first-order chi connectivity index (χ1) is 0. The van der Waals surface area contributed by atoms with E-state index in [1.807, 2.05) is 0 Å². The van der Waals surface area contributed by atoms with Gasteiger partial charge in [0.25, 0.3) is 0 Å². The van der Waals surface area contributed by atoms with Gasteiger partial charge < -0.3 is 22.3 Å².